The van der Waals surface area contributed by atoms with Gasteiger partial charge < -0.3 is 4.74 Å². The summed E-state index contributed by atoms with van der Waals surface area (Å²) in [4.78, 5) is 3.92. The minimum atomic E-state index is 0.406. The average molecular weight is 184 g/mol. The van der Waals surface area contributed by atoms with E-state index in [0.29, 0.717) is 16.4 Å². The van der Waals surface area contributed by atoms with E-state index in [1.807, 2.05) is 0 Å². The summed E-state index contributed by atoms with van der Waals surface area (Å²) >= 11 is 5.79. The van der Waals surface area contributed by atoms with Gasteiger partial charge in [-0.3, -0.25) is 5.10 Å². The summed E-state index contributed by atoms with van der Waals surface area (Å²) in [6.07, 6.45) is 3.22. The minimum Gasteiger partial charge on any atom is -0.494 e. The predicted octanol–water partition coefficient (Wildman–Crippen LogP) is 1.62. The SMILES string of the molecule is COc1cnc(Cl)c2[nH]ncc12. The summed E-state index contributed by atoms with van der Waals surface area (Å²) in [5, 5.41) is 7.83. The molecule has 0 atom stereocenters. The van der Waals surface area contributed by atoms with Gasteiger partial charge in [0.1, 0.15) is 11.3 Å². The molecule has 62 valence electrons. The van der Waals surface area contributed by atoms with E-state index in [1.165, 1.54) is 0 Å². The second-order valence-corrected chi connectivity index (χ2v) is 2.63. The molecular formula is C7H6ClN3O. The van der Waals surface area contributed by atoms with E-state index in [0.717, 1.165) is 5.39 Å². The van der Waals surface area contributed by atoms with Gasteiger partial charge in [0.15, 0.2) is 5.15 Å². The Bertz CT molecular complexity index is 412. The van der Waals surface area contributed by atoms with Crippen LogP contribution in [0.4, 0.5) is 0 Å². The molecule has 0 amide bonds. The first kappa shape index (κ1) is 7.36. The van der Waals surface area contributed by atoms with Crippen molar-refractivity contribution < 1.29 is 4.74 Å². The number of methoxy groups -OCH3 is 1. The highest BCUT2D eigenvalue weighted by Crippen LogP contribution is 2.26. The molecule has 0 aliphatic rings. The van der Waals surface area contributed by atoms with Crippen molar-refractivity contribution >= 4 is 22.5 Å². The van der Waals surface area contributed by atoms with Crippen LogP contribution in [0.3, 0.4) is 0 Å². The van der Waals surface area contributed by atoms with Gasteiger partial charge in [0, 0.05) is 0 Å². The molecule has 0 aliphatic heterocycles. The maximum absolute atomic E-state index is 5.79. The van der Waals surface area contributed by atoms with Gasteiger partial charge in [-0.05, 0) is 0 Å². The highest BCUT2D eigenvalue weighted by molar-refractivity contribution is 6.33. The van der Waals surface area contributed by atoms with Crippen LogP contribution in [0, 0.1) is 0 Å². The molecule has 2 aromatic rings. The molecule has 1 N–H and O–H groups in total. The van der Waals surface area contributed by atoms with E-state index in [-0.39, 0.29) is 0 Å². The molecule has 0 aromatic carbocycles. The van der Waals surface area contributed by atoms with Gasteiger partial charge in [-0.25, -0.2) is 4.98 Å². The summed E-state index contributed by atoms with van der Waals surface area (Å²) in [6, 6.07) is 0. The van der Waals surface area contributed by atoms with E-state index in [9.17, 15) is 0 Å². The van der Waals surface area contributed by atoms with E-state index in [2.05, 4.69) is 15.2 Å². The Labute approximate surface area is 73.5 Å². The van der Waals surface area contributed by atoms with Crippen LogP contribution in [-0.4, -0.2) is 22.3 Å². The van der Waals surface area contributed by atoms with Gasteiger partial charge in [-0.1, -0.05) is 11.6 Å². The quantitative estimate of drug-likeness (QED) is 0.684. The van der Waals surface area contributed by atoms with Crippen LogP contribution in [0.15, 0.2) is 12.4 Å². The molecule has 0 aliphatic carbocycles. The highest BCUT2D eigenvalue weighted by atomic mass is 35.5. The second kappa shape index (κ2) is 2.64. The summed E-state index contributed by atoms with van der Waals surface area (Å²) in [6.45, 7) is 0. The number of hydrogen-bond acceptors (Lipinski definition) is 3. The van der Waals surface area contributed by atoms with Crippen molar-refractivity contribution in [3.63, 3.8) is 0 Å². The Kier molecular flexibility index (Phi) is 1.62. The molecule has 2 aromatic heterocycles. The maximum Gasteiger partial charge on any atom is 0.154 e. The Balaban J connectivity index is 2.82. The van der Waals surface area contributed by atoms with Crippen LogP contribution < -0.4 is 4.74 Å². The zero-order valence-electron chi connectivity index (χ0n) is 6.34. The predicted molar refractivity (Wildman–Crippen MR) is 45.5 cm³/mol. The lowest BCUT2D eigenvalue weighted by molar-refractivity contribution is 0.418. The summed E-state index contributed by atoms with van der Waals surface area (Å²) in [7, 11) is 1.58. The van der Waals surface area contributed by atoms with E-state index in [1.54, 1.807) is 19.5 Å². The van der Waals surface area contributed by atoms with Gasteiger partial charge in [-0.15, -0.1) is 0 Å². The van der Waals surface area contributed by atoms with E-state index in [4.69, 9.17) is 16.3 Å². The summed E-state index contributed by atoms with van der Waals surface area (Å²) in [5.74, 6) is 0.670. The zero-order valence-corrected chi connectivity index (χ0v) is 7.09. The van der Waals surface area contributed by atoms with Crippen molar-refractivity contribution in [1.29, 1.82) is 0 Å². The van der Waals surface area contributed by atoms with Crippen molar-refractivity contribution in [2.24, 2.45) is 0 Å². The number of aromatic nitrogens is 3. The second-order valence-electron chi connectivity index (χ2n) is 2.28. The van der Waals surface area contributed by atoms with Crippen LogP contribution >= 0.6 is 11.6 Å². The van der Waals surface area contributed by atoms with Gasteiger partial charge in [-0.2, -0.15) is 5.10 Å². The first-order valence-electron chi connectivity index (χ1n) is 3.34. The van der Waals surface area contributed by atoms with Gasteiger partial charge in [0.25, 0.3) is 0 Å². The monoisotopic (exact) mass is 183 g/mol. The van der Waals surface area contributed by atoms with Crippen LogP contribution in [0.1, 0.15) is 0 Å². The van der Waals surface area contributed by atoms with Crippen LogP contribution in [0.25, 0.3) is 10.9 Å². The maximum atomic E-state index is 5.79. The van der Waals surface area contributed by atoms with Gasteiger partial charge in [0.2, 0.25) is 0 Å². The number of pyridine rings is 1. The number of H-pyrrole nitrogens is 1. The molecule has 5 heteroatoms. The minimum absolute atomic E-state index is 0.406. The Morgan fingerprint density at radius 2 is 2.33 bits per heavy atom. The number of nitrogens with zero attached hydrogens (tertiary/aromatic N) is 2. The number of fused-ring (bicyclic) bond motifs is 1. The van der Waals surface area contributed by atoms with Crippen LogP contribution in [0.5, 0.6) is 5.75 Å². The number of ether oxygens (including phenoxy) is 1. The summed E-state index contributed by atoms with van der Waals surface area (Å²) < 4.78 is 5.06. The molecular weight excluding hydrogens is 178 g/mol. The lowest BCUT2D eigenvalue weighted by atomic mass is 10.3. The van der Waals surface area contributed by atoms with Crippen LogP contribution in [0.2, 0.25) is 5.15 Å². The number of rotatable bonds is 1. The number of hydrogen-bond donors (Lipinski definition) is 1. The normalized spacial score (nSPS) is 10.5. The first-order chi connectivity index (χ1) is 5.83. The summed E-state index contributed by atoms with van der Waals surface area (Å²) in [5.41, 5.74) is 0.705. The van der Waals surface area contributed by atoms with E-state index >= 15 is 0 Å². The topological polar surface area (TPSA) is 50.8 Å². The largest absolute Gasteiger partial charge is 0.494 e. The lowest BCUT2D eigenvalue weighted by Gasteiger charge is -1.99. The zero-order chi connectivity index (χ0) is 8.55. The Hall–Kier alpha value is -1.29. The van der Waals surface area contributed by atoms with E-state index < -0.39 is 0 Å². The van der Waals surface area contributed by atoms with Crippen molar-refractivity contribution in [3.8, 4) is 5.75 Å². The van der Waals surface area contributed by atoms with Crippen molar-refractivity contribution in [2.75, 3.05) is 7.11 Å². The lowest BCUT2D eigenvalue weighted by Crippen LogP contribution is -1.85. The standard InChI is InChI=1S/C7H6ClN3O/c1-12-5-3-9-7(8)6-4(5)2-10-11-6/h2-3H,1H3,(H,10,11). The molecule has 0 radical (unpaired) electrons. The van der Waals surface area contributed by atoms with Crippen LogP contribution in [-0.2, 0) is 0 Å². The fraction of sp³-hybridized carbons (Fsp3) is 0.143. The van der Waals surface area contributed by atoms with Crippen molar-refractivity contribution in [1.82, 2.24) is 15.2 Å². The Morgan fingerprint density at radius 3 is 3.08 bits per heavy atom. The third-order valence-corrected chi connectivity index (χ3v) is 1.91. The smallest absolute Gasteiger partial charge is 0.154 e. The van der Waals surface area contributed by atoms with Gasteiger partial charge >= 0.3 is 0 Å². The number of halogens is 1. The first-order valence-corrected chi connectivity index (χ1v) is 3.72. The Morgan fingerprint density at radius 1 is 1.50 bits per heavy atom. The van der Waals surface area contributed by atoms with Crippen molar-refractivity contribution in [2.45, 2.75) is 0 Å². The third-order valence-electron chi connectivity index (χ3n) is 1.63. The fourth-order valence-corrected chi connectivity index (χ4v) is 1.24. The highest BCUT2D eigenvalue weighted by Gasteiger charge is 2.06. The molecule has 0 unspecified atom stereocenters. The molecule has 0 bridgehead atoms. The molecule has 12 heavy (non-hydrogen) atoms. The molecule has 4 nitrogen and oxygen atoms in total. The van der Waals surface area contributed by atoms with Crippen molar-refractivity contribution in [3.05, 3.63) is 17.5 Å². The van der Waals surface area contributed by atoms with Gasteiger partial charge in [0.05, 0.1) is 24.9 Å². The number of nitrogens with one attached hydrogen (secondary N) is 1. The third kappa shape index (κ3) is 0.921. The molecule has 0 saturated carbocycles. The number of aromatic amines is 1. The molecule has 0 fully saturated rings. The molecule has 0 spiro atoms. The molecule has 0 saturated heterocycles. The molecule has 2 heterocycles. The average Bonchev–Trinajstić information content (AvgIpc) is 2.54. The fourth-order valence-electron chi connectivity index (χ4n) is 1.04. The molecule has 2 rings (SSSR count).